The minimum atomic E-state index is 0.151. The monoisotopic (exact) mass is 842 g/mol. The molecule has 0 unspecified atom stereocenters. The van der Waals surface area contributed by atoms with Crippen molar-refractivity contribution in [2.24, 2.45) is 0 Å². The number of anilines is 2. The molecule has 2 heterocycles. The standard InChI is InChI=1S/C38H40IN3OSe2/c1-3-5-7-13-22-41-31-18-9-11-20-33(31)44-35(41)25-29-37(40-28-17-15-16-27(39)24-28)30(38(29)43)26-36-42(23-14-8-6-4-2)32-19-10-12-21-34(32)45-36/h9-12,15-21,24-26H,3-8,13-14,22-23H2,1-2H3/p+1. The molecule has 3 aromatic carbocycles. The van der Waals surface area contributed by atoms with E-state index in [0.717, 1.165) is 48.5 Å². The predicted octanol–water partition coefficient (Wildman–Crippen LogP) is 7.97. The molecule has 0 atom stereocenters. The van der Waals surface area contributed by atoms with E-state index in [1.807, 2.05) is 0 Å². The Morgan fingerprint density at radius 3 is 2.47 bits per heavy atom. The Balaban J connectivity index is 1.39. The number of carbonyl (C=O) groups is 1. The van der Waals surface area contributed by atoms with Crippen LogP contribution in [0, 0.1) is 3.57 Å². The van der Waals surface area contributed by atoms with Gasteiger partial charge in [0.15, 0.2) is 0 Å². The van der Waals surface area contributed by atoms with E-state index >= 15 is 0 Å². The number of Topliss-reactive ketones (excluding diaryl/α,β-unsaturated/α-hetero) is 1. The van der Waals surface area contributed by atoms with Crippen LogP contribution in [0.25, 0.3) is 15.9 Å². The first kappa shape index (κ1) is 32.5. The first-order chi connectivity index (χ1) is 22.1. The zero-order valence-electron chi connectivity index (χ0n) is 26.2. The molecular formula is C38H41IN3OSe2+. The molecular weight excluding hydrogens is 799 g/mol. The summed E-state index contributed by atoms with van der Waals surface area (Å²) in [7, 11) is 0. The number of carbonyl (C=O) groups excluding carboxylic acids is 1. The van der Waals surface area contributed by atoms with Gasteiger partial charge in [0.25, 0.3) is 0 Å². The van der Waals surface area contributed by atoms with Crippen LogP contribution in [-0.4, -0.2) is 41.8 Å². The summed E-state index contributed by atoms with van der Waals surface area (Å²) < 4.78 is 9.04. The van der Waals surface area contributed by atoms with Gasteiger partial charge in [-0.2, -0.15) is 0 Å². The second-order valence-corrected chi connectivity index (χ2v) is 17.4. The molecule has 1 aliphatic heterocycles. The van der Waals surface area contributed by atoms with Crippen LogP contribution >= 0.6 is 22.6 Å². The molecule has 1 aromatic heterocycles. The summed E-state index contributed by atoms with van der Waals surface area (Å²) >= 11 is 2.69. The average Bonchev–Trinajstić information content (AvgIpc) is 3.59. The second-order valence-electron chi connectivity index (χ2n) is 11.7. The first-order valence-corrected chi connectivity index (χ1v) is 20.8. The van der Waals surface area contributed by atoms with Crippen molar-refractivity contribution in [1.29, 1.82) is 0 Å². The number of ketones is 1. The number of nitrogens with zero attached hydrogens (tertiary/aromatic N) is 2. The average molecular weight is 841 g/mol. The Labute approximate surface area is 293 Å². The summed E-state index contributed by atoms with van der Waals surface area (Å²) in [6, 6.07) is 26.0. The van der Waals surface area contributed by atoms with Crippen LogP contribution in [0.5, 0.6) is 0 Å². The van der Waals surface area contributed by atoms with Gasteiger partial charge in [0, 0.05) is 0 Å². The Morgan fingerprint density at radius 1 is 0.867 bits per heavy atom. The molecule has 0 bridgehead atoms. The molecule has 0 saturated heterocycles. The number of aromatic nitrogens is 1. The Bertz CT molecular complexity index is 1790. The van der Waals surface area contributed by atoms with E-state index in [1.165, 1.54) is 71.2 Å². The number of unbranched alkanes of at least 4 members (excludes halogenated alkanes) is 6. The van der Waals surface area contributed by atoms with Crippen molar-refractivity contribution >= 4 is 89.5 Å². The maximum absolute atomic E-state index is 14.1. The molecule has 0 fully saturated rings. The predicted molar refractivity (Wildman–Crippen MR) is 199 cm³/mol. The Morgan fingerprint density at radius 2 is 1.64 bits per heavy atom. The van der Waals surface area contributed by atoms with E-state index in [0.29, 0.717) is 0 Å². The number of hydrogen-bond acceptors (Lipinski definition) is 3. The van der Waals surface area contributed by atoms with Crippen molar-refractivity contribution in [2.45, 2.75) is 71.8 Å². The van der Waals surface area contributed by atoms with E-state index in [-0.39, 0.29) is 35.2 Å². The van der Waals surface area contributed by atoms with Crippen LogP contribution in [0.4, 0.5) is 11.4 Å². The topological polar surface area (TPSA) is 36.2 Å². The van der Waals surface area contributed by atoms with Crippen molar-refractivity contribution in [3.8, 4) is 0 Å². The molecule has 45 heavy (non-hydrogen) atoms. The number of allylic oxidation sites excluding steroid dienone is 3. The molecule has 6 rings (SSSR count). The van der Waals surface area contributed by atoms with Gasteiger partial charge in [-0.25, -0.2) is 0 Å². The molecule has 4 aromatic rings. The normalized spacial score (nSPS) is 16.2. The van der Waals surface area contributed by atoms with Crippen molar-refractivity contribution in [2.75, 3.05) is 16.8 Å². The molecule has 1 aliphatic carbocycles. The van der Waals surface area contributed by atoms with Gasteiger partial charge in [-0.1, -0.05) is 0 Å². The van der Waals surface area contributed by atoms with Gasteiger partial charge in [-0.3, -0.25) is 0 Å². The van der Waals surface area contributed by atoms with Crippen LogP contribution in [0.3, 0.4) is 0 Å². The zero-order valence-corrected chi connectivity index (χ0v) is 31.7. The number of para-hydroxylation sites is 2. The number of halogens is 1. The van der Waals surface area contributed by atoms with E-state index in [9.17, 15) is 4.79 Å². The Kier molecular flexibility index (Phi) is 11.2. The molecule has 0 saturated carbocycles. The molecule has 0 amide bonds. The number of fused-ring (bicyclic) bond motifs is 2. The van der Waals surface area contributed by atoms with Crippen LogP contribution in [0.2, 0.25) is 0 Å². The number of benzene rings is 3. The van der Waals surface area contributed by atoms with Crippen LogP contribution in [0.15, 0.2) is 100 Å². The van der Waals surface area contributed by atoms with E-state index in [1.54, 1.807) is 0 Å². The summed E-state index contributed by atoms with van der Waals surface area (Å²) in [6.45, 7) is 6.52. The van der Waals surface area contributed by atoms with Gasteiger partial charge in [-0.15, -0.1) is 0 Å². The summed E-state index contributed by atoms with van der Waals surface area (Å²) in [5, 5.41) is 3.69. The molecule has 0 radical (unpaired) electrons. The van der Waals surface area contributed by atoms with Crippen LogP contribution in [0.1, 0.15) is 69.8 Å². The number of nitrogens with one attached hydrogen (secondary N) is 1. The fourth-order valence-corrected chi connectivity index (χ4v) is 11.3. The van der Waals surface area contributed by atoms with Crippen molar-refractivity contribution < 1.29 is 9.36 Å². The quantitative estimate of drug-likeness (QED) is 0.0461. The summed E-state index contributed by atoms with van der Waals surface area (Å²) in [5.74, 6) is 0.151. The van der Waals surface area contributed by atoms with Gasteiger partial charge in [0.05, 0.1) is 0 Å². The van der Waals surface area contributed by atoms with Gasteiger partial charge >= 0.3 is 296 Å². The minimum absolute atomic E-state index is 0.151. The summed E-state index contributed by atoms with van der Waals surface area (Å²) in [4.78, 5) is 16.6. The summed E-state index contributed by atoms with van der Waals surface area (Å²) in [6.07, 6.45) is 14.2. The third-order valence-electron chi connectivity index (χ3n) is 8.40. The van der Waals surface area contributed by atoms with Crippen molar-refractivity contribution in [3.05, 3.63) is 108 Å². The fraction of sp³-hybridized carbons (Fsp3) is 0.316. The van der Waals surface area contributed by atoms with E-state index in [2.05, 4.69) is 136 Å². The third-order valence-corrected chi connectivity index (χ3v) is 13.7. The molecule has 0 spiro atoms. The second kappa shape index (κ2) is 15.5. The van der Waals surface area contributed by atoms with Gasteiger partial charge in [-0.05, 0) is 0 Å². The van der Waals surface area contributed by atoms with Crippen LogP contribution in [-0.2, 0) is 11.3 Å². The Hall–Kier alpha value is -2.41. The maximum atomic E-state index is 14.1. The van der Waals surface area contributed by atoms with E-state index < -0.39 is 0 Å². The molecule has 4 nitrogen and oxygen atoms in total. The molecule has 232 valence electrons. The molecule has 1 N–H and O–H groups in total. The van der Waals surface area contributed by atoms with Crippen molar-refractivity contribution in [3.63, 3.8) is 0 Å². The van der Waals surface area contributed by atoms with Gasteiger partial charge in [0.1, 0.15) is 0 Å². The fourth-order valence-electron chi connectivity index (χ4n) is 6.00. The molecule has 7 heteroatoms. The van der Waals surface area contributed by atoms with E-state index in [4.69, 9.17) is 0 Å². The zero-order chi connectivity index (χ0) is 31.2. The SMILES string of the molecule is CCCCCCN1C(=CC2=C(Nc3cccc(I)c3)C(=Cc3[se]c4ccccc4[n+]3CCCCCC)C2=O)[Se]c2ccccc21. The first-order valence-electron chi connectivity index (χ1n) is 16.3. The number of hydrogen-bond donors (Lipinski definition) is 1. The third kappa shape index (κ3) is 7.44. The van der Waals surface area contributed by atoms with Gasteiger partial charge < -0.3 is 0 Å². The van der Waals surface area contributed by atoms with Crippen LogP contribution < -0.4 is 19.2 Å². The summed E-state index contributed by atoms with van der Waals surface area (Å²) in [5.41, 5.74) is 6.22. The van der Waals surface area contributed by atoms with Gasteiger partial charge in [0.2, 0.25) is 0 Å². The van der Waals surface area contributed by atoms with Crippen molar-refractivity contribution in [1.82, 2.24) is 0 Å². The molecule has 2 aliphatic rings. The number of aryl methyl sites for hydroxylation is 1. The number of rotatable bonds is 14.